The molecule has 3 N–H and O–H groups in total. The average molecular weight is 314 g/mol. The summed E-state index contributed by atoms with van der Waals surface area (Å²) in [6.45, 7) is 0. The first-order valence-corrected chi connectivity index (χ1v) is 7.23. The van der Waals surface area contributed by atoms with E-state index in [-0.39, 0.29) is 16.3 Å². The molecule has 0 saturated carbocycles. The zero-order chi connectivity index (χ0) is 15.6. The van der Waals surface area contributed by atoms with Crippen LogP contribution in [-0.4, -0.2) is 15.5 Å². The molecule has 0 radical (unpaired) electrons. The van der Waals surface area contributed by atoms with Crippen LogP contribution in [0.3, 0.4) is 0 Å². The SMILES string of the molecule is COc1cc(N)ccc1S(=O)(=O)Nc1ccc(F)c(F)c1. The number of methoxy groups -OCH3 is 1. The molecule has 8 heteroatoms. The Morgan fingerprint density at radius 2 is 1.81 bits per heavy atom. The van der Waals surface area contributed by atoms with Gasteiger partial charge in [-0.1, -0.05) is 0 Å². The molecule has 0 aliphatic rings. The molecule has 2 aromatic rings. The van der Waals surface area contributed by atoms with Crippen molar-refractivity contribution in [3.05, 3.63) is 48.0 Å². The van der Waals surface area contributed by atoms with Crippen LogP contribution < -0.4 is 15.2 Å². The topological polar surface area (TPSA) is 81.4 Å². The van der Waals surface area contributed by atoms with Crippen LogP contribution in [0, 0.1) is 11.6 Å². The van der Waals surface area contributed by atoms with Gasteiger partial charge in [0.25, 0.3) is 10.0 Å². The van der Waals surface area contributed by atoms with Crippen LogP contribution in [0.15, 0.2) is 41.3 Å². The highest BCUT2D eigenvalue weighted by molar-refractivity contribution is 7.92. The van der Waals surface area contributed by atoms with Crippen molar-refractivity contribution in [3.63, 3.8) is 0 Å². The van der Waals surface area contributed by atoms with Crippen LogP contribution in [0.5, 0.6) is 5.75 Å². The Labute approximate surface area is 120 Å². The minimum Gasteiger partial charge on any atom is -0.495 e. The Morgan fingerprint density at radius 1 is 1.10 bits per heavy atom. The fourth-order valence-electron chi connectivity index (χ4n) is 1.68. The van der Waals surface area contributed by atoms with Crippen LogP contribution in [0.4, 0.5) is 20.2 Å². The molecular weight excluding hydrogens is 302 g/mol. The highest BCUT2D eigenvalue weighted by atomic mass is 32.2. The van der Waals surface area contributed by atoms with Gasteiger partial charge in [-0.2, -0.15) is 0 Å². The molecule has 2 rings (SSSR count). The maximum atomic E-state index is 13.1. The van der Waals surface area contributed by atoms with Crippen LogP contribution in [0.1, 0.15) is 0 Å². The molecule has 0 saturated heterocycles. The second kappa shape index (κ2) is 5.57. The first kappa shape index (κ1) is 15.0. The largest absolute Gasteiger partial charge is 0.495 e. The van der Waals surface area contributed by atoms with E-state index in [1.54, 1.807) is 0 Å². The lowest BCUT2D eigenvalue weighted by molar-refractivity contribution is 0.403. The van der Waals surface area contributed by atoms with E-state index in [2.05, 4.69) is 4.72 Å². The normalized spacial score (nSPS) is 11.2. The van der Waals surface area contributed by atoms with Gasteiger partial charge in [0.2, 0.25) is 0 Å². The van der Waals surface area contributed by atoms with Gasteiger partial charge < -0.3 is 10.5 Å². The van der Waals surface area contributed by atoms with Gasteiger partial charge in [-0.15, -0.1) is 0 Å². The molecule has 0 aliphatic heterocycles. The summed E-state index contributed by atoms with van der Waals surface area (Å²) >= 11 is 0. The van der Waals surface area contributed by atoms with Gasteiger partial charge in [0, 0.05) is 17.8 Å². The van der Waals surface area contributed by atoms with Crippen molar-refractivity contribution >= 4 is 21.4 Å². The van der Waals surface area contributed by atoms with Gasteiger partial charge in [0.1, 0.15) is 10.6 Å². The highest BCUT2D eigenvalue weighted by Gasteiger charge is 2.20. The summed E-state index contributed by atoms with van der Waals surface area (Å²) in [6.07, 6.45) is 0. The fourth-order valence-corrected chi connectivity index (χ4v) is 2.88. The lowest BCUT2D eigenvalue weighted by Gasteiger charge is -2.12. The van der Waals surface area contributed by atoms with Crippen LogP contribution in [-0.2, 0) is 10.0 Å². The number of nitrogens with one attached hydrogen (secondary N) is 1. The summed E-state index contributed by atoms with van der Waals surface area (Å²) in [7, 11) is -2.73. The van der Waals surface area contributed by atoms with E-state index in [1.165, 1.54) is 25.3 Å². The predicted molar refractivity (Wildman–Crippen MR) is 74.6 cm³/mol. The van der Waals surface area contributed by atoms with Gasteiger partial charge in [-0.05, 0) is 24.3 Å². The molecule has 0 aromatic heterocycles. The Morgan fingerprint density at radius 3 is 2.43 bits per heavy atom. The van der Waals surface area contributed by atoms with Crippen molar-refractivity contribution in [1.29, 1.82) is 0 Å². The number of nitrogen functional groups attached to an aromatic ring is 1. The third-order valence-electron chi connectivity index (χ3n) is 2.65. The zero-order valence-corrected chi connectivity index (χ0v) is 11.7. The van der Waals surface area contributed by atoms with Crippen molar-refractivity contribution < 1.29 is 21.9 Å². The Balaban J connectivity index is 2.40. The number of anilines is 2. The number of halogens is 2. The van der Waals surface area contributed by atoms with Gasteiger partial charge in [-0.3, -0.25) is 4.72 Å². The minimum atomic E-state index is -4.02. The number of nitrogens with two attached hydrogens (primary N) is 1. The van der Waals surface area contributed by atoms with Gasteiger partial charge in [0.05, 0.1) is 12.8 Å². The number of hydrogen-bond acceptors (Lipinski definition) is 4. The minimum absolute atomic E-state index is 0.0464. The van der Waals surface area contributed by atoms with E-state index < -0.39 is 21.7 Å². The molecule has 0 aliphatic carbocycles. The Hall–Kier alpha value is -2.35. The lowest BCUT2D eigenvalue weighted by atomic mass is 10.3. The van der Waals surface area contributed by atoms with Gasteiger partial charge >= 0.3 is 0 Å². The molecule has 0 bridgehead atoms. The molecule has 0 heterocycles. The van der Waals surface area contributed by atoms with Crippen LogP contribution in [0.25, 0.3) is 0 Å². The van der Waals surface area contributed by atoms with Crippen molar-refractivity contribution in [2.24, 2.45) is 0 Å². The maximum absolute atomic E-state index is 13.1. The molecular formula is C13H12F2N2O3S. The summed E-state index contributed by atoms with van der Waals surface area (Å²) < 4.78 is 57.5. The van der Waals surface area contributed by atoms with Crippen LogP contribution >= 0.6 is 0 Å². The molecule has 0 unspecified atom stereocenters. The molecule has 0 atom stereocenters. The first-order valence-electron chi connectivity index (χ1n) is 5.75. The predicted octanol–water partition coefficient (Wildman–Crippen LogP) is 2.36. The monoisotopic (exact) mass is 314 g/mol. The molecule has 0 amide bonds. The van der Waals surface area contributed by atoms with E-state index >= 15 is 0 Å². The number of sulfonamides is 1. The fraction of sp³-hybridized carbons (Fsp3) is 0.0769. The average Bonchev–Trinajstić information content (AvgIpc) is 2.42. The second-order valence-electron chi connectivity index (χ2n) is 4.14. The molecule has 21 heavy (non-hydrogen) atoms. The summed E-state index contributed by atoms with van der Waals surface area (Å²) in [5, 5.41) is 0. The maximum Gasteiger partial charge on any atom is 0.265 e. The van der Waals surface area contributed by atoms with Crippen LogP contribution in [0.2, 0.25) is 0 Å². The van der Waals surface area contributed by atoms with Crippen molar-refractivity contribution in [1.82, 2.24) is 0 Å². The third-order valence-corrected chi connectivity index (χ3v) is 4.07. The van der Waals surface area contributed by atoms with E-state index in [0.717, 1.165) is 18.2 Å². The van der Waals surface area contributed by atoms with Crippen molar-refractivity contribution in [2.75, 3.05) is 17.6 Å². The van der Waals surface area contributed by atoms with Gasteiger partial charge in [-0.25, -0.2) is 17.2 Å². The van der Waals surface area contributed by atoms with Gasteiger partial charge in [0.15, 0.2) is 11.6 Å². The van der Waals surface area contributed by atoms with Crippen molar-refractivity contribution in [3.8, 4) is 5.75 Å². The molecule has 112 valence electrons. The quantitative estimate of drug-likeness (QED) is 0.849. The molecule has 0 fully saturated rings. The highest BCUT2D eigenvalue weighted by Crippen LogP contribution is 2.28. The smallest absolute Gasteiger partial charge is 0.265 e. The van der Waals surface area contributed by atoms with E-state index in [9.17, 15) is 17.2 Å². The van der Waals surface area contributed by atoms with E-state index in [4.69, 9.17) is 10.5 Å². The second-order valence-corrected chi connectivity index (χ2v) is 5.80. The zero-order valence-electron chi connectivity index (χ0n) is 10.9. The van der Waals surface area contributed by atoms with E-state index in [1.807, 2.05) is 0 Å². The number of ether oxygens (including phenoxy) is 1. The molecule has 2 aromatic carbocycles. The Kier molecular flexibility index (Phi) is 3.99. The Bertz CT molecular complexity index is 779. The van der Waals surface area contributed by atoms with E-state index in [0.29, 0.717) is 5.69 Å². The molecule has 5 nitrogen and oxygen atoms in total. The van der Waals surface area contributed by atoms with Crippen molar-refractivity contribution in [2.45, 2.75) is 4.90 Å². The summed E-state index contributed by atoms with van der Waals surface area (Å²) in [6, 6.07) is 6.68. The first-order chi connectivity index (χ1) is 9.83. The number of benzene rings is 2. The standard InChI is InChI=1S/C13H12F2N2O3S/c1-20-12-6-8(16)2-5-13(12)21(18,19)17-9-3-4-10(14)11(15)7-9/h2-7,17H,16H2,1H3. The number of hydrogen-bond donors (Lipinski definition) is 2. The molecule has 0 spiro atoms. The summed E-state index contributed by atoms with van der Waals surface area (Å²) in [4.78, 5) is -0.163. The number of rotatable bonds is 4. The summed E-state index contributed by atoms with van der Waals surface area (Å²) in [5.41, 5.74) is 5.78. The third kappa shape index (κ3) is 3.22. The lowest BCUT2D eigenvalue weighted by Crippen LogP contribution is -2.14. The summed E-state index contributed by atoms with van der Waals surface area (Å²) in [5.74, 6) is -2.17.